The molecule has 0 saturated carbocycles. The molecule has 0 spiro atoms. The first-order valence-corrected chi connectivity index (χ1v) is 6.80. The molecule has 0 fully saturated rings. The summed E-state index contributed by atoms with van der Waals surface area (Å²) in [4.78, 5) is 12.0. The maximum absolute atomic E-state index is 12.0. The lowest BCUT2D eigenvalue weighted by Crippen LogP contribution is -2.26. The van der Waals surface area contributed by atoms with Gasteiger partial charge in [0.2, 0.25) is 5.91 Å². The molecule has 1 amide bonds. The van der Waals surface area contributed by atoms with Gasteiger partial charge in [0, 0.05) is 25.8 Å². The van der Waals surface area contributed by atoms with Gasteiger partial charge in [0.05, 0.1) is 0 Å². The van der Waals surface area contributed by atoms with Crippen molar-refractivity contribution in [3.63, 3.8) is 0 Å². The summed E-state index contributed by atoms with van der Waals surface area (Å²) in [7, 11) is 1.69. The minimum absolute atomic E-state index is 0.0313. The number of hydrogen-bond acceptors (Lipinski definition) is 2. The number of hydrogen-bond donors (Lipinski definition) is 1. The van der Waals surface area contributed by atoms with E-state index in [1.54, 1.807) is 7.11 Å². The molecule has 0 radical (unpaired) electrons. The Morgan fingerprint density at radius 3 is 2.63 bits per heavy atom. The van der Waals surface area contributed by atoms with E-state index in [0.29, 0.717) is 6.54 Å². The summed E-state index contributed by atoms with van der Waals surface area (Å²) in [6.45, 7) is 3.45. The van der Waals surface area contributed by atoms with Gasteiger partial charge in [0.25, 0.3) is 0 Å². The Kier molecular flexibility index (Phi) is 7.59. The minimum Gasteiger partial charge on any atom is -0.385 e. The normalized spacial score (nSPS) is 11.4. The van der Waals surface area contributed by atoms with E-state index in [9.17, 15) is 4.79 Å². The van der Waals surface area contributed by atoms with Gasteiger partial charge < -0.3 is 10.1 Å². The molecular formula is C16H23NO2. The van der Waals surface area contributed by atoms with Crippen molar-refractivity contribution in [3.05, 3.63) is 41.5 Å². The van der Waals surface area contributed by atoms with Crippen molar-refractivity contribution in [1.82, 2.24) is 5.32 Å². The van der Waals surface area contributed by atoms with Crippen LogP contribution in [0.1, 0.15) is 31.7 Å². The molecule has 0 saturated heterocycles. The Balaban J connectivity index is 2.46. The van der Waals surface area contributed by atoms with Crippen LogP contribution in [0.3, 0.4) is 0 Å². The number of ether oxygens (including phenoxy) is 1. The van der Waals surface area contributed by atoms with Crippen molar-refractivity contribution < 1.29 is 9.53 Å². The summed E-state index contributed by atoms with van der Waals surface area (Å²) in [5.74, 6) is 0.0313. The largest absolute Gasteiger partial charge is 0.385 e. The number of nitrogens with one attached hydrogen (secondary N) is 1. The molecule has 1 rings (SSSR count). The Hall–Kier alpha value is -1.61. The highest BCUT2D eigenvalue weighted by atomic mass is 16.5. The van der Waals surface area contributed by atoms with Gasteiger partial charge in [-0.1, -0.05) is 37.3 Å². The van der Waals surface area contributed by atoms with Crippen LogP contribution < -0.4 is 5.32 Å². The second kappa shape index (κ2) is 9.34. The monoisotopic (exact) mass is 261 g/mol. The minimum atomic E-state index is 0.0313. The van der Waals surface area contributed by atoms with Gasteiger partial charge in [0.15, 0.2) is 0 Å². The SMILES string of the molecule is CC/C(=C\c1ccccc1)C(=O)NCCCCOC. The zero-order chi connectivity index (χ0) is 13.9. The van der Waals surface area contributed by atoms with Crippen LogP contribution in [0, 0.1) is 0 Å². The molecular weight excluding hydrogens is 238 g/mol. The van der Waals surface area contributed by atoms with Crippen LogP contribution >= 0.6 is 0 Å². The molecule has 0 aromatic heterocycles. The second-order valence-corrected chi connectivity index (χ2v) is 4.39. The average molecular weight is 261 g/mol. The maximum Gasteiger partial charge on any atom is 0.247 e. The van der Waals surface area contributed by atoms with E-state index in [0.717, 1.165) is 37.0 Å². The Bertz CT molecular complexity index is 398. The van der Waals surface area contributed by atoms with Crippen LogP contribution in [-0.4, -0.2) is 26.2 Å². The van der Waals surface area contributed by atoms with Crippen molar-refractivity contribution in [2.75, 3.05) is 20.3 Å². The van der Waals surface area contributed by atoms with E-state index in [2.05, 4.69) is 5.32 Å². The molecule has 3 nitrogen and oxygen atoms in total. The Labute approximate surface area is 115 Å². The zero-order valence-electron chi connectivity index (χ0n) is 11.8. The highest BCUT2D eigenvalue weighted by Crippen LogP contribution is 2.09. The summed E-state index contributed by atoms with van der Waals surface area (Å²) in [5.41, 5.74) is 1.88. The van der Waals surface area contributed by atoms with Crippen molar-refractivity contribution in [2.24, 2.45) is 0 Å². The molecule has 3 heteroatoms. The number of rotatable bonds is 8. The lowest BCUT2D eigenvalue weighted by atomic mass is 10.1. The molecule has 0 unspecified atom stereocenters. The molecule has 0 aliphatic carbocycles. The van der Waals surface area contributed by atoms with Crippen LogP contribution in [0.2, 0.25) is 0 Å². The Morgan fingerprint density at radius 1 is 1.26 bits per heavy atom. The molecule has 1 aromatic rings. The van der Waals surface area contributed by atoms with Gasteiger partial charge in [-0.3, -0.25) is 4.79 Å². The molecule has 104 valence electrons. The lowest BCUT2D eigenvalue weighted by molar-refractivity contribution is -0.117. The van der Waals surface area contributed by atoms with Crippen molar-refractivity contribution in [3.8, 4) is 0 Å². The van der Waals surface area contributed by atoms with E-state index in [1.165, 1.54) is 0 Å². The Morgan fingerprint density at radius 2 is 2.00 bits per heavy atom. The van der Waals surface area contributed by atoms with E-state index in [1.807, 2.05) is 43.3 Å². The summed E-state index contributed by atoms with van der Waals surface area (Å²) < 4.78 is 4.97. The summed E-state index contributed by atoms with van der Waals surface area (Å²) in [5, 5.41) is 2.95. The highest BCUT2D eigenvalue weighted by molar-refractivity contribution is 5.97. The fourth-order valence-corrected chi connectivity index (χ4v) is 1.77. The number of unbranched alkanes of at least 4 members (excludes halogenated alkanes) is 1. The fraction of sp³-hybridized carbons (Fsp3) is 0.438. The standard InChI is InChI=1S/C16H23NO2/c1-3-15(13-14-9-5-4-6-10-14)16(18)17-11-7-8-12-19-2/h4-6,9-10,13H,3,7-8,11-12H2,1-2H3,(H,17,18)/b15-13+. The summed E-state index contributed by atoms with van der Waals surface area (Å²) in [6.07, 6.45) is 4.60. The van der Waals surface area contributed by atoms with Crippen molar-refractivity contribution in [2.45, 2.75) is 26.2 Å². The third kappa shape index (κ3) is 6.20. The van der Waals surface area contributed by atoms with Crippen molar-refractivity contribution >= 4 is 12.0 Å². The van der Waals surface area contributed by atoms with E-state index < -0.39 is 0 Å². The van der Waals surface area contributed by atoms with E-state index >= 15 is 0 Å². The first-order valence-electron chi connectivity index (χ1n) is 6.80. The molecule has 0 atom stereocenters. The lowest BCUT2D eigenvalue weighted by Gasteiger charge is -2.07. The highest BCUT2D eigenvalue weighted by Gasteiger charge is 2.06. The van der Waals surface area contributed by atoms with Gasteiger partial charge in [0.1, 0.15) is 0 Å². The maximum atomic E-state index is 12.0. The summed E-state index contributed by atoms with van der Waals surface area (Å²) >= 11 is 0. The average Bonchev–Trinajstić information content (AvgIpc) is 2.45. The van der Waals surface area contributed by atoms with Gasteiger partial charge >= 0.3 is 0 Å². The van der Waals surface area contributed by atoms with Crippen molar-refractivity contribution in [1.29, 1.82) is 0 Å². The third-order valence-corrected chi connectivity index (χ3v) is 2.87. The van der Waals surface area contributed by atoms with Gasteiger partial charge in [-0.15, -0.1) is 0 Å². The first-order chi connectivity index (χ1) is 9.27. The smallest absolute Gasteiger partial charge is 0.247 e. The van der Waals surface area contributed by atoms with Gasteiger partial charge in [-0.25, -0.2) is 0 Å². The van der Waals surface area contributed by atoms with Crippen LogP contribution in [0.4, 0.5) is 0 Å². The zero-order valence-corrected chi connectivity index (χ0v) is 11.8. The second-order valence-electron chi connectivity index (χ2n) is 4.39. The molecule has 1 aromatic carbocycles. The van der Waals surface area contributed by atoms with Crippen LogP contribution in [0.25, 0.3) is 6.08 Å². The van der Waals surface area contributed by atoms with Gasteiger partial charge in [-0.05, 0) is 30.9 Å². The van der Waals surface area contributed by atoms with E-state index in [4.69, 9.17) is 4.74 Å². The van der Waals surface area contributed by atoms with Gasteiger partial charge in [-0.2, -0.15) is 0 Å². The molecule has 0 aliphatic rings. The molecule has 0 aliphatic heterocycles. The third-order valence-electron chi connectivity index (χ3n) is 2.87. The van der Waals surface area contributed by atoms with Crippen LogP contribution in [0.5, 0.6) is 0 Å². The summed E-state index contributed by atoms with van der Waals surface area (Å²) in [6, 6.07) is 9.92. The predicted molar refractivity (Wildman–Crippen MR) is 78.8 cm³/mol. The number of amides is 1. The van der Waals surface area contributed by atoms with E-state index in [-0.39, 0.29) is 5.91 Å². The topological polar surface area (TPSA) is 38.3 Å². The number of methoxy groups -OCH3 is 1. The number of benzene rings is 1. The van der Waals surface area contributed by atoms with Crippen LogP contribution in [-0.2, 0) is 9.53 Å². The van der Waals surface area contributed by atoms with Crippen LogP contribution in [0.15, 0.2) is 35.9 Å². The molecule has 0 heterocycles. The molecule has 1 N–H and O–H groups in total. The molecule has 0 bridgehead atoms. The quantitative estimate of drug-likeness (QED) is 0.577. The predicted octanol–water partition coefficient (Wildman–Crippen LogP) is 3.02. The number of carbonyl (C=O) groups is 1. The number of carbonyl (C=O) groups excluding carboxylic acids is 1. The molecule has 19 heavy (non-hydrogen) atoms. The first kappa shape index (κ1) is 15.4. The fourth-order valence-electron chi connectivity index (χ4n) is 1.77.